The Hall–Kier alpha value is -1.80. The number of thiophene rings is 1. The van der Waals surface area contributed by atoms with Crippen molar-refractivity contribution in [1.29, 1.82) is 0 Å². The highest BCUT2D eigenvalue weighted by molar-refractivity contribution is 7.14. The Morgan fingerprint density at radius 3 is 2.50 bits per heavy atom. The highest BCUT2D eigenvalue weighted by atomic mass is 32.1. The predicted molar refractivity (Wildman–Crippen MR) is 124 cm³/mol. The average molecular weight is 433 g/mol. The van der Waals surface area contributed by atoms with Gasteiger partial charge in [0.05, 0.1) is 5.00 Å². The van der Waals surface area contributed by atoms with E-state index in [1.165, 1.54) is 11.4 Å². The molecule has 7 nitrogen and oxygen atoms in total. The molecule has 1 aliphatic carbocycles. The second kappa shape index (κ2) is 10.5. The van der Waals surface area contributed by atoms with Crippen molar-refractivity contribution in [2.24, 2.45) is 10.9 Å². The quantitative estimate of drug-likeness (QED) is 0.530. The highest BCUT2D eigenvalue weighted by Gasteiger charge is 2.31. The number of hydrogen-bond acceptors (Lipinski definition) is 5. The van der Waals surface area contributed by atoms with E-state index in [4.69, 9.17) is 0 Å². The van der Waals surface area contributed by atoms with Gasteiger partial charge in [-0.25, -0.2) is 0 Å². The van der Waals surface area contributed by atoms with Crippen LogP contribution in [0.5, 0.6) is 0 Å². The third-order valence-corrected chi connectivity index (χ3v) is 7.67. The summed E-state index contributed by atoms with van der Waals surface area (Å²) >= 11 is 1.82. The molecule has 2 N–H and O–H groups in total. The van der Waals surface area contributed by atoms with Gasteiger partial charge < -0.3 is 20.4 Å². The van der Waals surface area contributed by atoms with E-state index in [-0.39, 0.29) is 0 Å². The Kier molecular flexibility index (Phi) is 7.49. The Morgan fingerprint density at radius 1 is 1.13 bits per heavy atom. The minimum Gasteiger partial charge on any atom is -0.363 e. The van der Waals surface area contributed by atoms with Gasteiger partial charge in [0.25, 0.3) is 0 Å². The van der Waals surface area contributed by atoms with E-state index in [0.29, 0.717) is 17.9 Å². The number of carbonyl (C=O) groups is 1. The fourth-order valence-electron chi connectivity index (χ4n) is 4.52. The lowest BCUT2D eigenvalue weighted by Crippen LogP contribution is -2.53. The van der Waals surface area contributed by atoms with Crippen LogP contribution in [0.4, 0.5) is 5.00 Å². The molecule has 0 bridgehead atoms. The molecule has 3 fully saturated rings. The first-order valence-corrected chi connectivity index (χ1v) is 12.4. The molecule has 0 radical (unpaired) electrons. The molecule has 0 spiro atoms. The zero-order chi connectivity index (χ0) is 20.8. The highest BCUT2D eigenvalue weighted by Crippen LogP contribution is 2.28. The SMILES string of the molecule is CN=C(NCCN1CCN(C(=O)C2CCC2)CC1)NC1CCN(c2cccs2)CC1. The molecule has 1 aromatic heterocycles. The van der Waals surface area contributed by atoms with Crippen molar-refractivity contribution in [1.82, 2.24) is 20.4 Å². The van der Waals surface area contributed by atoms with Crippen LogP contribution in [-0.2, 0) is 4.79 Å². The molecule has 0 aromatic carbocycles. The molecular weight excluding hydrogens is 396 g/mol. The third-order valence-electron chi connectivity index (χ3n) is 6.74. The van der Waals surface area contributed by atoms with Crippen LogP contribution in [0.15, 0.2) is 22.5 Å². The van der Waals surface area contributed by atoms with Crippen molar-refractivity contribution in [3.63, 3.8) is 0 Å². The van der Waals surface area contributed by atoms with Gasteiger partial charge in [-0.05, 0) is 43.2 Å². The number of rotatable bonds is 6. The van der Waals surface area contributed by atoms with Gasteiger partial charge in [-0.2, -0.15) is 0 Å². The topological polar surface area (TPSA) is 63.2 Å². The lowest BCUT2D eigenvalue weighted by Gasteiger charge is -2.38. The van der Waals surface area contributed by atoms with E-state index >= 15 is 0 Å². The average Bonchev–Trinajstić information content (AvgIpc) is 3.27. The fraction of sp³-hybridized carbons (Fsp3) is 0.727. The van der Waals surface area contributed by atoms with Crippen molar-refractivity contribution in [2.45, 2.75) is 38.1 Å². The van der Waals surface area contributed by atoms with Crippen LogP contribution in [0.25, 0.3) is 0 Å². The van der Waals surface area contributed by atoms with Crippen LogP contribution < -0.4 is 15.5 Å². The first-order chi connectivity index (χ1) is 14.7. The molecule has 4 rings (SSSR count). The number of aliphatic imine (C=N–C) groups is 1. The summed E-state index contributed by atoms with van der Waals surface area (Å²) in [5.41, 5.74) is 0. The van der Waals surface area contributed by atoms with Gasteiger partial charge in [-0.15, -0.1) is 11.3 Å². The second-order valence-electron chi connectivity index (χ2n) is 8.65. The minimum atomic E-state index is 0.324. The summed E-state index contributed by atoms with van der Waals surface area (Å²) in [4.78, 5) is 23.8. The molecule has 3 heterocycles. The summed E-state index contributed by atoms with van der Waals surface area (Å²) in [6.45, 7) is 7.78. The number of carbonyl (C=O) groups excluding carboxylic acids is 1. The van der Waals surface area contributed by atoms with Crippen LogP contribution in [-0.4, -0.2) is 87.1 Å². The van der Waals surface area contributed by atoms with Gasteiger partial charge in [-0.3, -0.25) is 14.7 Å². The maximum Gasteiger partial charge on any atom is 0.225 e. The number of nitrogens with one attached hydrogen (secondary N) is 2. The number of nitrogens with zero attached hydrogens (tertiary/aromatic N) is 4. The van der Waals surface area contributed by atoms with Crippen LogP contribution >= 0.6 is 11.3 Å². The van der Waals surface area contributed by atoms with Crippen molar-refractivity contribution in [3.8, 4) is 0 Å². The second-order valence-corrected chi connectivity index (χ2v) is 9.58. The molecule has 30 heavy (non-hydrogen) atoms. The zero-order valence-corrected chi connectivity index (χ0v) is 19.0. The van der Waals surface area contributed by atoms with Crippen LogP contribution in [0.3, 0.4) is 0 Å². The van der Waals surface area contributed by atoms with Crippen LogP contribution in [0.2, 0.25) is 0 Å². The molecule has 1 amide bonds. The van der Waals surface area contributed by atoms with E-state index < -0.39 is 0 Å². The van der Waals surface area contributed by atoms with Crippen LogP contribution in [0, 0.1) is 5.92 Å². The molecular formula is C22H36N6OS. The largest absolute Gasteiger partial charge is 0.363 e. The first kappa shape index (κ1) is 21.4. The summed E-state index contributed by atoms with van der Waals surface area (Å²) in [5, 5.41) is 10.6. The van der Waals surface area contributed by atoms with E-state index in [9.17, 15) is 4.79 Å². The Bertz CT molecular complexity index is 688. The number of hydrogen-bond donors (Lipinski definition) is 2. The Balaban J connectivity index is 1.11. The smallest absolute Gasteiger partial charge is 0.225 e. The number of piperidine rings is 1. The molecule has 1 aromatic rings. The molecule has 8 heteroatoms. The van der Waals surface area contributed by atoms with E-state index in [0.717, 1.165) is 84.0 Å². The Labute approximate surface area is 184 Å². The summed E-state index contributed by atoms with van der Waals surface area (Å²) in [6.07, 6.45) is 5.70. The molecule has 0 unspecified atom stereocenters. The normalized spacial score (nSPS) is 22.1. The summed E-state index contributed by atoms with van der Waals surface area (Å²) < 4.78 is 0. The number of amides is 1. The van der Waals surface area contributed by atoms with Gasteiger partial charge in [0.1, 0.15) is 0 Å². The summed E-state index contributed by atoms with van der Waals surface area (Å²) in [6, 6.07) is 4.82. The number of anilines is 1. The maximum atomic E-state index is 12.4. The van der Waals surface area contributed by atoms with Gasteiger partial charge in [0.2, 0.25) is 5.91 Å². The summed E-state index contributed by atoms with van der Waals surface area (Å²) in [5.74, 6) is 1.63. The fourth-order valence-corrected chi connectivity index (χ4v) is 5.31. The van der Waals surface area contributed by atoms with Crippen molar-refractivity contribution in [3.05, 3.63) is 17.5 Å². The molecule has 1 saturated carbocycles. The minimum absolute atomic E-state index is 0.324. The Morgan fingerprint density at radius 2 is 1.90 bits per heavy atom. The zero-order valence-electron chi connectivity index (χ0n) is 18.2. The standard InChI is InChI=1S/C22H36N6OS/c1-23-22(25-19-7-10-27(11-8-19)20-6-3-17-30-20)24-9-12-26-13-15-28(16-14-26)21(29)18-4-2-5-18/h3,6,17-19H,2,4-5,7-16H2,1H3,(H2,23,24,25). The van der Waals surface area contributed by atoms with Gasteiger partial charge in [0.15, 0.2) is 5.96 Å². The molecule has 2 aliphatic heterocycles. The molecule has 166 valence electrons. The van der Waals surface area contributed by atoms with Gasteiger partial charge in [0, 0.05) is 71.4 Å². The lowest BCUT2D eigenvalue weighted by molar-refractivity contribution is -0.139. The van der Waals surface area contributed by atoms with E-state index in [1.54, 1.807) is 0 Å². The lowest BCUT2D eigenvalue weighted by atomic mass is 9.84. The molecule has 2 saturated heterocycles. The predicted octanol–water partition coefficient (Wildman–Crippen LogP) is 1.83. The maximum absolute atomic E-state index is 12.4. The van der Waals surface area contributed by atoms with Gasteiger partial charge >= 0.3 is 0 Å². The van der Waals surface area contributed by atoms with Crippen molar-refractivity contribution < 1.29 is 4.79 Å². The van der Waals surface area contributed by atoms with Gasteiger partial charge in [-0.1, -0.05) is 6.42 Å². The monoisotopic (exact) mass is 432 g/mol. The molecule has 0 atom stereocenters. The van der Waals surface area contributed by atoms with Crippen LogP contribution in [0.1, 0.15) is 32.1 Å². The van der Waals surface area contributed by atoms with E-state index in [2.05, 4.69) is 47.8 Å². The molecule has 3 aliphatic rings. The van der Waals surface area contributed by atoms with Crippen molar-refractivity contribution >= 4 is 28.2 Å². The third kappa shape index (κ3) is 5.46. The van der Waals surface area contributed by atoms with E-state index in [1.807, 2.05) is 18.4 Å². The number of guanidine groups is 1. The number of piperazine rings is 1. The van der Waals surface area contributed by atoms with Crippen molar-refractivity contribution in [2.75, 3.05) is 64.3 Å². The summed E-state index contributed by atoms with van der Waals surface area (Å²) in [7, 11) is 1.85. The first-order valence-electron chi connectivity index (χ1n) is 11.5.